The van der Waals surface area contributed by atoms with Gasteiger partial charge in [-0.2, -0.15) is 9.61 Å². The van der Waals surface area contributed by atoms with Gasteiger partial charge in [0.2, 0.25) is 0 Å². The van der Waals surface area contributed by atoms with E-state index >= 15 is 0 Å². The smallest absolute Gasteiger partial charge is 0.335 e. The fraction of sp³-hybridized carbons (Fsp3) is 0. The molecule has 162 valence electrons. The summed E-state index contributed by atoms with van der Waals surface area (Å²) in [4.78, 5) is 20.5. The molecule has 0 aliphatic heterocycles. The molecular formula is C24H16BrN5O3. The van der Waals surface area contributed by atoms with Crippen molar-refractivity contribution in [2.75, 3.05) is 5.73 Å². The van der Waals surface area contributed by atoms with E-state index < -0.39 is 5.97 Å². The molecule has 5 aromatic rings. The van der Waals surface area contributed by atoms with E-state index in [1.165, 1.54) is 22.7 Å². The summed E-state index contributed by atoms with van der Waals surface area (Å²) in [6.45, 7) is 0. The largest absolute Gasteiger partial charge is 0.507 e. The molecule has 33 heavy (non-hydrogen) atoms. The van der Waals surface area contributed by atoms with Crippen LogP contribution in [0.25, 0.3) is 39.3 Å². The highest BCUT2D eigenvalue weighted by Crippen LogP contribution is 2.38. The van der Waals surface area contributed by atoms with Crippen LogP contribution in [0.4, 0.5) is 5.82 Å². The van der Waals surface area contributed by atoms with Crippen molar-refractivity contribution in [2.24, 2.45) is 0 Å². The zero-order valence-electron chi connectivity index (χ0n) is 17.0. The molecule has 8 nitrogen and oxygen atoms in total. The Morgan fingerprint density at radius 2 is 1.76 bits per heavy atom. The molecule has 2 aromatic carbocycles. The van der Waals surface area contributed by atoms with Crippen molar-refractivity contribution in [3.8, 4) is 39.4 Å². The molecule has 0 fully saturated rings. The lowest BCUT2D eigenvalue weighted by molar-refractivity contribution is 0.0696. The van der Waals surface area contributed by atoms with Crippen LogP contribution in [-0.2, 0) is 0 Å². The summed E-state index contributed by atoms with van der Waals surface area (Å²) in [6.07, 6.45) is 3.40. The number of nitrogen functional groups attached to an aromatic ring is 1. The number of aromatic hydroxyl groups is 1. The summed E-state index contributed by atoms with van der Waals surface area (Å²) in [7, 11) is 0. The van der Waals surface area contributed by atoms with Gasteiger partial charge in [-0.3, -0.25) is 4.98 Å². The number of carboxylic acids is 1. The van der Waals surface area contributed by atoms with Gasteiger partial charge in [-0.25, -0.2) is 9.78 Å². The SMILES string of the molecule is Nc1c(Br)c(-c2ccc(C(=O)O)cc2O)nc2c(-c3ccc(-c4ccccc4)nc3)cnn12. The van der Waals surface area contributed by atoms with Gasteiger partial charge in [0.15, 0.2) is 5.65 Å². The van der Waals surface area contributed by atoms with Crippen LogP contribution in [0, 0.1) is 0 Å². The number of carboxylic acid groups (broad SMARTS) is 1. The number of hydrogen-bond acceptors (Lipinski definition) is 6. The Morgan fingerprint density at radius 1 is 0.970 bits per heavy atom. The van der Waals surface area contributed by atoms with E-state index in [-0.39, 0.29) is 17.1 Å². The molecule has 0 atom stereocenters. The van der Waals surface area contributed by atoms with Gasteiger partial charge in [-0.1, -0.05) is 36.4 Å². The summed E-state index contributed by atoms with van der Waals surface area (Å²) >= 11 is 3.43. The van der Waals surface area contributed by atoms with E-state index in [1.807, 2.05) is 42.5 Å². The van der Waals surface area contributed by atoms with Gasteiger partial charge >= 0.3 is 5.97 Å². The Balaban J connectivity index is 1.63. The topological polar surface area (TPSA) is 127 Å². The first-order chi connectivity index (χ1) is 15.9. The van der Waals surface area contributed by atoms with Crippen molar-refractivity contribution in [1.82, 2.24) is 19.6 Å². The molecule has 9 heteroatoms. The average molecular weight is 502 g/mol. The summed E-state index contributed by atoms with van der Waals surface area (Å²) in [5, 5.41) is 24.0. The number of carbonyl (C=O) groups is 1. The number of nitrogens with two attached hydrogens (primary N) is 1. The maximum atomic E-state index is 11.2. The quantitative estimate of drug-likeness (QED) is 0.320. The van der Waals surface area contributed by atoms with Crippen molar-refractivity contribution >= 4 is 33.4 Å². The van der Waals surface area contributed by atoms with Crippen LogP contribution >= 0.6 is 15.9 Å². The number of rotatable bonds is 4. The van der Waals surface area contributed by atoms with Gasteiger partial charge in [0.25, 0.3) is 0 Å². The average Bonchev–Trinajstić information content (AvgIpc) is 3.26. The number of phenols is 1. The molecule has 0 unspecified atom stereocenters. The highest BCUT2D eigenvalue weighted by atomic mass is 79.9. The molecule has 3 heterocycles. The third-order valence-electron chi connectivity index (χ3n) is 5.27. The number of nitrogens with zero attached hydrogens (tertiary/aromatic N) is 4. The van der Waals surface area contributed by atoms with Gasteiger partial charge in [0, 0.05) is 28.5 Å². The van der Waals surface area contributed by atoms with Crippen molar-refractivity contribution < 1.29 is 15.0 Å². The second-order valence-corrected chi connectivity index (χ2v) is 8.08. The Kier molecular flexibility index (Phi) is 5.02. The molecule has 0 saturated heterocycles. The van der Waals surface area contributed by atoms with Gasteiger partial charge in [0.05, 0.1) is 27.6 Å². The molecular weight excluding hydrogens is 486 g/mol. The number of aromatic nitrogens is 4. The first-order valence-electron chi connectivity index (χ1n) is 9.85. The summed E-state index contributed by atoms with van der Waals surface area (Å²) in [5.41, 5.74) is 10.8. The monoisotopic (exact) mass is 501 g/mol. The second-order valence-electron chi connectivity index (χ2n) is 7.29. The van der Waals surface area contributed by atoms with E-state index in [1.54, 1.807) is 12.4 Å². The number of phenolic OH excluding ortho intramolecular Hbond substituents is 1. The number of fused-ring (bicyclic) bond motifs is 1. The van der Waals surface area contributed by atoms with E-state index in [0.29, 0.717) is 26.9 Å². The van der Waals surface area contributed by atoms with Crippen molar-refractivity contribution in [3.05, 3.63) is 83.1 Å². The third kappa shape index (κ3) is 3.58. The fourth-order valence-electron chi connectivity index (χ4n) is 3.58. The predicted molar refractivity (Wildman–Crippen MR) is 128 cm³/mol. The van der Waals surface area contributed by atoms with E-state index in [2.05, 4.69) is 26.0 Å². The number of anilines is 1. The molecule has 4 N–H and O–H groups in total. The van der Waals surface area contributed by atoms with Crippen LogP contribution in [-0.4, -0.2) is 35.8 Å². The lowest BCUT2D eigenvalue weighted by Gasteiger charge is -2.11. The standard InChI is InChI=1S/C24H16BrN5O3/c25-20-21(16-8-6-14(24(32)33)10-19(16)31)29-23-17(12-28-30(23)22(20)26)15-7-9-18(27-11-15)13-4-2-1-3-5-13/h1-12,31H,26H2,(H,32,33). The maximum Gasteiger partial charge on any atom is 0.335 e. The van der Waals surface area contributed by atoms with Crippen LogP contribution < -0.4 is 5.73 Å². The Bertz CT molecular complexity index is 1520. The Hall–Kier alpha value is -4.24. The number of hydrogen-bond donors (Lipinski definition) is 3. The van der Waals surface area contributed by atoms with Crippen molar-refractivity contribution in [3.63, 3.8) is 0 Å². The molecule has 5 rings (SSSR count). The fourth-order valence-corrected chi connectivity index (χ4v) is 4.05. The van der Waals surface area contributed by atoms with Crippen molar-refractivity contribution in [2.45, 2.75) is 0 Å². The Morgan fingerprint density at radius 3 is 2.42 bits per heavy atom. The highest BCUT2D eigenvalue weighted by Gasteiger charge is 2.20. The minimum absolute atomic E-state index is 0.0314. The van der Waals surface area contributed by atoms with Crippen LogP contribution in [0.15, 0.2) is 77.5 Å². The van der Waals surface area contributed by atoms with Gasteiger partial charge in [0.1, 0.15) is 11.6 Å². The minimum atomic E-state index is -1.14. The highest BCUT2D eigenvalue weighted by molar-refractivity contribution is 9.10. The van der Waals surface area contributed by atoms with Crippen LogP contribution in [0.5, 0.6) is 5.75 Å². The van der Waals surface area contributed by atoms with E-state index in [4.69, 9.17) is 15.8 Å². The zero-order chi connectivity index (χ0) is 23.1. The van der Waals surface area contributed by atoms with Crippen LogP contribution in [0.3, 0.4) is 0 Å². The van der Waals surface area contributed by atoms with Gasteiger partial charge in [-0.05, 0) is 40.2 Å². The first-order valence-corrected chi connectivity index (χ1v) is 10.6. The molecule has 0 saturated carbocycles. The van der Waals surface area contributed by atoms with Gasteiger partial charge in [-0.15, -0.1) is 0 Å². The third-order valence-corrected chi connectivity index (χ3v) is 6.05. The molecule has 3 aromatic heterocycles. The normalized spacial score (nSPS) is 11.1. The van der Waals surface area contributed by atoms with E-state index in [0.717, 1.165) is 16.8 Å². The predicted octanol–water partition coefficient (Wildman–Crippen LogP) is 4.87. The van der Waals surface area contributed by atoms with Crippen molar-refractivity contribution in [1.29, 1.82) is 0 Å². The second kappa shape index (κ2) is 8.03. The number of benzene rings is 2. The molecule has 0 aliphatic rings. The number of halogens is 1. The lowest BCUT2D eigenvalue weighted by atomic mass is 10.1. The molecule has 0 bridgehead atoms. The first kappa shape index (κ1) is 20.7. The summed E-state index contributed by atoms with van der Waals surface area (Å²) < 4.78 is 1.93. The molecule has 0 aliphatic carbocycles. The summed E-state index contributed by atoms with van der Waals surface area (Å²) in [5.74, 6) is -1.07. The Labute approximate surface area is 196 Å². The minimum Gasteiger partial charge on any atom is -0.507 e. The zero-order valence-corrected chi connectivity index (χ0v) is 18.6. The maximum absolute atomic E-state index is 11.2. The molecule has 0 amide bonds. The van der Waals surface area contributed by atoms with Gasteiger partial charge < -0.3 is 15.9 Å². The number of aromatic carboxylic acids is 1. The molecule has 0 radical (unpaired) electrons. The number of pyridine rings is 1. The van der Waals surface area contributed by atoms with Crippen LogP contribution in [0.1, 0.15) is 10.4 Å². The van der Waals surface area contributed by atoms with E-state index in [9.17, 15) is 9.90 Å². The van der Waals surface area contributed by atoms with Crippen LogP contribution in [0.2, 0.25) is 0 Å². The lowest BCUT2D eigenvalue weighted by Crippen LogP contribution is -2.04. The molecule has 0 spiro atoms. The summed E-state index contributed by atoms with van der Waals surface area (Å²) in [6, 6.07) is 17.8.